The van der Waals surface area contributed by atoms with Crippen molar-refractivity contribution >= 4 is 11.8 Å². The van der Waals surface area contributed by atoms with E-state index in [9.17, 15) is 19.1 Å². The van der Waals surface area contributed by atoms with Crippen LogP contribution >= 0.6 is 0 Å². The Morgan fingerprint density at radius 1 is 1.48 bits per heavy atom. The molecular formula is C14H17FN2O4. The summed E-state index contributed by atoms with van der Waals surface area (Å²) in [5.41, 5.74) is 3.18. The van der Waals surface area contributed by atoms with Crippen LogP contribution in [0, 0.1) is 5.82 Å². The zero-order chi connectivity index (χ0) is 15.6. The average molecular weight is 296 g/mol. The van der Waals surface area contributed by atoms with Crippen LogP contribution in [0.15, 0.2) is 18.2 Å². The number of piperidine rings is 1. The molecule has 0 aromatic heterocycles. The van der Waals surface area contributed by atoms with Gasteiger partial charge in [-0.3, -0.25) is 9.59 Å². The molecular weight excluding hydrogens is 279 g/mol. The number of aliphatic hydroxyl groups is 1. The van der Waals surface area contributed by atoms with E-state index >= 15 is 0 Å². The molecule has 2 amide bonds. The molecule has 1 saturated heterocycles. The van der Waals surface area contributed by atoms with Gasteiger partial charge < -0.3 is 20.5 Å². The third-order valence-corrected chi connectivity index (χ3v) is 3.63. The number of ether oxygens (including phenoxy) is 1. The number of benzene rings is 1. The number of halogens is 1. The normalized spacial score (nSPS) is 22.0. The largest absolute Gasteiger partial charge is 0.496 e. The SMILES string of the molecule is COc1cccc(F)c1C(=O)N1CCC[C@](O)(C(N)=O)C1. The van der Waals surface area contributed by atoms with Crippen molar-refractivity contribution < 1.29 is 23.8 Å². The van der Waals surface area contributed by atoms with Crippen LogP contribution in [0.3, 0.4) is 0 Å². The Bertz CT molecular complexity index is 578. The highest BCUT2D eigenvalue weighted by atomic mass is 19.1. The first kappa shape index (κ1) is 15.2. The molecule has 3 N–H and O–H groups in total. The zero-order valence-corrected chi connectivity index (χ0v) is 11.6. The Morgan fingerprint density at radius 2 is 2.19 bits per heavy atom. The van der Waals surface area contributed by atoms with Gasteiger partial charge in [0.2, 0.25) is 0 Å². The minimum Gasteiger partial charge on any atom is -0.496 e. The predicted octanol–water partition coefficient (Wildman–Crippen LogP) is 0.287. The van der Waals surface area contributed by atoms with Gasteiger partial charge in [-0.15, -0.1) is 0 Å². The van der Waals surface area contributed by atoms with Gasteiger partial charge in [0, 0.05) is 6.54 Å². The minimum absolute atomic E-state index is 0.105. The minimum atomic E-state index is -1.77. The van der Waals surface area contributed by atoms with E-state index in [-0.39, 0.29) is 24.3 Å². The summed E-state index contributed by atoms with van der Waals surface area (Å²) in [4.78, 5) is 25.0. The van der Waals surface area contributed by atoms with E-state index in [1.807, 2.05) is 0 Å². The van der Waals surface area contributed by atoms with Crippen LogP contribution in [0.2, 0.25) is 0 Å². The van der Waals surface area contributed by atoms with Gasteiger partial charge in [0.25, 0.3) is 11.8 Å². The van der Waals surface area contributed by atoms with Gasteiger partial charge in [0.05, 0.1) is 13.7 Å². The van der Waals surface area contributed by atoms with Crippen LogP contribution in [0.1, 0.15) is 23.2 Å². The van der Waals surface area contributed by atoms with Crippen molar-refractivity contribution in [3.05, 3.63) is 29.6 Å². The molecule has 7 heteroatoms. The molecule has 0 radical (unpaired) electrons. The Kier molecular flexibility index (Phi) is 4.13. The Morgan fingerprint density at radius 3 is 2.81 bits per heavy atom. The highest BCUT2D eigenvalue weighted by molar-refractivity contribution is 5.98. The van der Waals surface area contributed by atoms with Crippen molar-refractivity contribution in [1.29, 1.82) is 0 Å². The average Bonchev–Trinajstić information content (AvgIpc) is 2.46. The maximum Gasteiger partial charge on any atom is 0.260 e. The van der Waals surface area contributed by atoms with Crippen molar-refractivity contribution in [2.24, 2.45) is 5.73 Å². The number of carbonyl (C=O) groups is 2. The molecule has 1 fully saturated rings. The number of hydrogen-bond acceptors (Lipinski definition) is 4. The Hall–Kier alpha value is -2.15. The van der Waals surface area contributed by atoms with Crippen LogP contribution in [0.4, 0.5) is 4.39 Å². The number of methoxy groups -OCH3 is 1. The summed E-state index contributed by atoms with van der Waals surface area (Å²) < 4.78 is 18.9. The molecule has 1 aliphatic heterocycles. The Balaban J connectivity index is 2.31. The van der Waals surface area contributed by atoms with E-state index < -0.39 is 23.2 Å². The lowest BCUT2D eigenvalue weighted by Gasteiger charge is -2.37. The summed E-state index contributed by atoms with van der Waals surface area (Å²) in [6.07, 6.45) is 0.586. The molecule has 0 bridgehead atoms. The molecule has 0 saturated carbocycles. The first-order valence-electron chi connectivity index (χ1n) is 6.53. The maximum atomic E-state index is 13.9. The molecule has 1 aliphatic rings. The summed E-state index contributed by atoms with van der Waals surface area (Å²) in [6.45, 7) is 0.0601. The van der Waals surface area contributed by atoms with Gasteiger partial charge in [0.15, 0.2) is 5.60 Å². The molecule has 0 spiro atoms. The van der Waals surface area contributed by atoms with Crippen molar-refractivity contribution in [1.82, 2.24) is 4.90 Å². The summed E-state index contributed by atoms with van der Waals surface area (Å²) in [5.74, 6) is -2.13. The third-order valence-electron chi connectivity index (χ3n) is 3.63. The third kappa shape index (κ3) is 2.82. The zero-order valence-electron chi connectivity index (χ0n) is 11.6. The summed E-state index contributed by atoms with van der Waals surface area (Å²) >= 11 is 0. The van der Waals surface area contributed by atoms with Gasteiger partial charge in [-0.2, -0.15) is 0 Å². The lowest BCUT2D eigenvalue weighted by Crippen LogP contribution is -2.57. The molecule has 114 valence electrons. The van der Waals surface area contributed by atoms with Crippen molar-refractivity contribution in [3.63, 3.8) is 0 Å². The fraction of sp³-hybridized carbons (Fsp3) is 0.429. The van der Waals surface area contributed by atoms with Gasteiger partial charge in [0.1, 0.15) is 17.1 Å². The maximum absolute atomic E-state index is 13.9. The molecule has 6 nitrogen and oxygen atoms in total. The smallest absolute Gasteiger partial charge is 0.260 e. The lowest BCUT2D eigenvalue weighted by molar-refractivity contribution is -0.140. The van der Waals surface area contributed by atoms with E-state index in [0.29, 0.717) is 13.0 Å². The van der Waals surface area contributed by atoms with E-state index in [0.717, 1.165) is 6.07 Å². The fourth-order valence-electron chi connectivity index (χ4n) is 2.45. The molecule has 0 aliphatic carbocycles. The summed E-state index contributed by atoms with van der Waals surface area (Å²) in [7, 11) is 1.33. The van der Waals surface area contributed by atoms with Crippen molar-refractivity contribution in [2.75, 3.05) is 20.2 Å². The van der Waals surface area contributed by atoms with E-state index in [4.69, 9.17) is 10.5 Å². The fourth-order valence-corrected chi connectivity index (χ4v) is 2.45. The highest BCUT2D eigenvalue weighted by Gasteiger charge is 2.41. The van der Waals surface area contributed by atoms with E-state index in [1.54, 1.807) is 0 Å². The number of carbonyl (C=O) groups excluding carboxylic acids is 2. The van der Waals surface area contributed by atoms with Crippen molar-refractivity contribution in [3.8, 4) is 5.75 Å². The predicted molar refractivity (Wildman–Crippen MR) is 72.2 cm³/mol. The van der Waals surface area contributed by atoms with E-state index in [2.05, 4.69) is 0 Å². The first-order chi connectivity index (χ1) is 9.89. The quantitative estimate of drug-likeness (QED) is 0.838. The van der Waals surface area contributed by atoms with Crippen LogP contribution < -0.4 is 10.5 Å². The van der Waals surface area contributed by atoms with E-state index in [1.165, 1.54) is 24.1 Å². The van der Waals surface area contributed by atoms with Gasteiger partial charge in [-0.1, -0.05) is 6.07 Å². The molecule has 1 heterocycles. The van der Waals surface area contributed by atoms with Crippen LogP contribution in [-0.2, 0) is 4.79 Å². The van der Waals surface area contributed by atoms with Crippen molar-refractivity contribution in [2.45, 2.75) is 18.4 Å². The molecule has 21 heavy (non-hydrogen) atoms. The molecule has 1 aromatic carbocycles. The summed E-state index contributed by atoms with van der Waals surface area (Å²) in [6, 6.07) is 4.06. The Labute approximate surface area is 121 Å². The van der Waals surface area contributed by atoms with Gasteiger partial charge in [-0.05, 0) is 25.0 Å². The lowest BCUT2D eigenvalue weighted by atomic mass is 9.91. The highest BCUT2D eigenvalue weighted by Crippen LogP contribution is 2.27. The molecule has 1 atom stereocenters. The topological polar surface area (TPSA) is 92.9 Å². The first-order valence-corrected chi connectivity index (χ1v) is 6.53. The molecule has 1 aromatic rings. The number of hydrogen-bond donors (Lipinski definition) is 2. The molecule has 0 unspecified atom stereocenters. The number of nitrogens with two attached hydrogens (primary N) is 1. The summed E-state index contributed by atoms with van der Waals surface area (Å²) in [5, 5.41) is 10.1. The van der Waals surface area contributed by atoms with Gasteiger partial charge >= 0.3 is 0 Å². The van der Waals surface area contributed by atoms with Crippen LogP contribution in [0.5, 0.6) is 5.75 Å². The monoisotopic (exact) mass is 296 g/mol. The van der Waals surface area contributed by atoms with Crippen LogP contribution in [0.25, 0.3) is 0 Å². The standard InChI is InChI=1S/C14H17FN2O4/c1-21-10-5-2-4-9(15)11(10)12(18)17-7-3-6-14(20,8-17)13(16)19/h2,4-5,20H,3,6-8H2,1H3,(H2,16,19)/t14-/m1/s1. The number of likely N-dealkylation sites (tertiary alicyclic amines) is 1. The number of β-amino-alcohol motifs (C(OH)–C–C–N with tert-alkyl or cyclic N) is 1. The van der Waals surface area contributed by atoms with Gasteiger partial charge in [-0.25, -0.2) is 4.39 Å². The second-order valence-corrected chi connectivity index (χ2v) is 5.04. The molecule has 2 rings (SSSR count). The second kappa shape index (κ2) is 5.69. The number of amides is 2. The second-order valence-electron chi connectivity index (χ2n) is 5.04. The van der Waals surface area contributed by atoms with Crippen LogP contribution in [-0.4, -0.2) is 47.6 Å². The number of rotatable bonds is 3. The number of primary amides is 1. The number of nitrogens with zero attached hydrogens (tertiary/aromatic N) is 1.